The van der Waals surface area contributed by atoms with Gasteiger partial charge in [0.25, 0.3) is 5.56 Å². The molecule has 1 unspecified atom stereocenters. The molecule has 44 heavy (non-hydrogen) atoms. The van der Waals surface area contributed by atoms with Crippen LogP contribution in [0.25, 0.3) is 15.2 Å². The molecule has 4 aromatic rings. The van der Waals surface area contributed by atoms with Gasteiger partial charge >= 0.3 is 5.69 Å². The van der Waals surface area contributed by atoms with Crippen LogP contribution in [0.3, 0.4) is 0 Å². The van der Waals surface area contributed by atoms with Crippen molar-refractivity contribution >= 4 is 27.5 Å². The number of nitrogens with zero attached hydrogens (tertiary/aromatic N) is 6. The number of hydrogen-bond donors (Lipinski definition) is 0. The average Bonchev–Trinajstić information content (AvgIpc) is 3.81. The fourth-order valence-corrected chi connectivity index (χ4v) is 7.48. The maximum atomic E-state index is 14.6. The van der Waals surface area contributed by atoms with Crippen molar-refractivity contribution in [3.8, 4) is 10.8 Å². The van der Waals surface area contributed by atoms with Crippen LogP contribution in [0.4, 0.5) is 0 Å². The van der Waals surface area contributed by atoms with Crippen LogP contribution < -0.4 is 16.0 Å². The fraction of sp³-hybridized carbons (Fsp3) is 0.516. The standard InChI is InChI=1S/C31H38N6O6S/c1-20-25-26(38)36(31(2,3)29(39)34-15-7-8-16-34)30(40)35(28(25)44-27(20)37-32-13-14-33-37)19-24(43-21-11-17-42-18-12-21)22-9-5-6-10-23(22)41-4/h5-6,9-10,13-14,21,24H,7-8,11-12,15-19H2,1-4H3. The molecule has 2 saturated heterocycles. The summed E-state index contributed by atoms with van der Waals surface area (Å²) >= 11 is 1.27. The van der Waals surface area contributed by atoms with E-state index in [1.54, 1.807) is 42.8 Å². The predicted molar refractivity (Wildman–Crippen MR) is 166 cm³/mol. The Morgan fingerprint density at radius 3 is 2.48 bits per heavy atom. The quantitative estimate of drug-likeness (QED) is 0.278. The summed E-state index contributed by atoms with van der Waals surface area (Å²) in [5, 5.41) is 9.56. The summed E-state index contributed by atoms with van der Waals surface area (Å²) in [5.41, 5.74) is -1.08. The van der Waals surface area contributed by atoms with Crippen LogP contribution in [-0.4, -0.2) is 74.5 Å². The maximum absolute atomic E-state index is 14.6. The topological polar surface area (TPSA) is 123 Å². The monoisotopic (exact) mass is 622 g/mol. The number of methoxy groups -OCH3 is 1. The third-order valence-electron chi connectivity index (χ3n) is 8.62. The number of ether oxygens (including phenoxy) is 3. The molecule has 13 heteroatoms. The first-order valence-corrected chi connectivity index (χ1v) is 15.9. The lowest BCUT2D eigenvalue weighted by Crippen LogP contribution is -2.56. The van der Waals surface area contributed by atoms with Crippen molar-refractivity contribution in [2.75, 3.05) is 33.4 Å². The van der Waals surface area contributed by atoms with E-state index in [-0.39, 0.29) is 18.6 Å². The van der Waals surface area contributed by atoms with Gasteiger partial charge in [-0.3, -0.25) is 14.2 Å². The largest absolute Gasteiger partial charge is 0.496 e. The molecule has 2 fully saturated rings. The van der Waals surface area contributed by atoms with Crippen molar-refractivity contribution in [1.29, 1.82) is 0 Å². The molecule has 2 aliphatic rings. The minimum absolute atomic E-state index is 0.0853. The number of likely N-dealkylation sites (tertiary alicyclic amines) is 1. The van der Waals surface area contributed by atoms with Crippen molar-refractivity contribution in [2.24, 2.45) is 0 Å². The summed E-state index contributed by atoms with van der Waals surface area (Å²) in [6, 6.07) is 7.59. The zero-order valence-corrected chi connectivity index (χ0v) is 26.3. The van der Waals surface area contributed by atoms with Gasteiger partial charge in [-0.2, -0.15) is 10.2 Å². The number of carbonyl (C=O) groups is 1. The molecule has 0 saturated carbocycles. The summed E-state index contributed by atoms with van der Waals surface area (Å²) < 4.78 is 20.7. The average molecular weight is 623 g/mol. The van der Waals surface area contributed by atoms with Crippen LogP contribution in [0.5, 0.6) is 5.75 Å². The Kier molecular flexibility index (Phi) is 8.44. The SMILES string of the molecule is COc1ccccc1C(Cn1c(=O)n(C(C)(C)C(=O)N2CCCC2)c(=O)c2c(C)c(-n3nccn3)sc21)OC1CCOCC1. The number of para-hydroxylation sites is 1. The maximum Gasteiger partial charge on any atom is 0.333 e. The Balaban J connectivity index is 1.56. The lowest BCUT2D eigenvalue weighted by molar-refractivity contribution is -0.138. The molecule has 12 nitrogen and oxygen atoms in total. The molecule has 1 aromatic carbocycles. The molecule has 234 valence electrons. The first kappa shape index (κ1) is 30.2. The number of rotatable bonds is 9. The number of fused-ring (bicyclic) bond motifs is 1. The smallest absolute Gasteiger partial charge is 0.333 e. The van der Waals surface area contributed by atoms with E-state index < -0.39 is 22.9 Å². The summed E-state index contributed by atoms with van der Waals surface area (Å²) in [6.07, 6.45) is 5.69. The fourth-order valence-electron chi connectivity index (χ4n) is 6.26. The number of hydrogen-bond acceptors (Lipinski definition) is 9. The Labute approximate surface area is 258 Å². The van der Waals surface area contributed by atoms with Crippen molar-refractivity contribution in [1.82, 2.24) is 29.0 Å². The highest BCUT2D eigenvalue weighted by Gasteiger charge is 2.39. The minimum Gasteiger partial charge on any atom is -0.496 e. The van der Waals surface area contributed by atoms with E-state index in [1.165, 1.54) is 16.1 Å². The number of carbonyl (C=O) groups excluding carboxylic acids is 1. The number of aryl methyl sites for hydroxylation is 1. The number of thiophene rings is 1. The lowest BCUT2D eigenvalue weighted by atomic mass is 10.0. The molecule has 0 bridgehead atoms. The summed E-state index contributed by atoms with van der Waals surface area (Å²) in [4.78, 5) is 46.4. The van der Waals surface area contributed by atoms with E-state index in [4.69, 9.17) is 14.2 Å². The number of aromatic nitrogens is 5. The van der Waals surface area contributed by atoms with Gasteiger partial charge in [0, 0.05) is 37.4 Å². The molecule has 2 aliphatic heterocycles. The predicted octanol–water partition coefficient (Wildman–Crippen LogP) is 3.42. The van der Waals surface area contributed by atoms with Crippen LogP contribution in [0.2, 0.25) is 0 Å². The highest BCUT2D eigenvalue weighted by atomic mass is 32.1. The van der Waals surface area contributed by atoms with E-state index >= 15 is 0 Å². The molecule has 5 heterocycles. The summed E-state index contributed by atoms with van der Waals surface area (Å²) in [7, 11) is 1.60. The minimum atomic E-state index is -1.42. The van der Waals surface area contributed by atoms with Gasteiger partial charge in [-0.25, -0.2) is 9.36 Å². The van der Waals surface area contributed by atoms with Crippen molar-refractivity contribution in [3.05, 3.63) is 68.6 Å². The van der Waals surface area contributed by atoms with Crippen LogP contribution in [0.15, 0.2) is 46.2 Å². The number of benzene rings is 1. The Bertz CT molecular complexity index is 1760. The molecule has 0 N–H and O–H groups in total. The van der Waals surface area contributed by atoms with Gasteiger partial charge < -0.3 is 19.1 Å². The molecular formula is C31H38N6O6S. The normalized spacial score (nSPS) is 17.0. The van der Waals surface area contributed by atoms with Gasteiger partial charge in [-0.1, -0.05) is 29.5 Å². The van der Waals surface area contributed by atoms with Crippen LogP contribution in [0, 0.1) is 6.92 Å². The van der Waals surface area contributed by atoms with E-state index in [2.05, 4.69) is 10.2 Å². The number of amides is 1. The van der Waals surface area contributed by atoms with Gasteiger partial charge in [0.1, 0.15) is 27.2 Å². The van der Waals surface area contributed by atoms with Gasteiger partial charge in [0.15, 0.2) is 0 Å². The van der Waals surface area contributed by atoms with Crippen LogP contribution in [-0.2, 0) is 26.4 Å². The Morgan fingerprint density at radius 2 is 1.80 bits per heavy atom. The molecule has 3 aromatic heterocycles. The van der Waals surface area contributed by atoms with Crippen molar-refractivity contribution < 1.29 is 19.0 Å². The first-order chi connectivity index (χ1) is 21.2. The van der Waals surface area contributed by atoms with E-state index in [0.717, 1.165) is 35.8 Å². The third-order valence-corrected chi connectivity index (χ3v) is 9.90. The van der Waals surface area contributed by atoms with Crippen LogP contribution >= 0.6 is 11.3 Å². The lowest BCUT2D eigenvalue weighted by Gasteiger charge is -2.32. The Morgan fingerprint density at radius 1 is 1.11 bits per heavy atom. The molecular weight excluding hydrogens is 584 g/mol. The van der Waals surface area contributed by atoms with E-state index in [9.17, 15) is 14.4 Å². The van der Waals surface area contributed by atoms with Gasteiger partial charge in [0.2, 0.25) is 5.91 Å². The summed E-state index contributed by atoms with van der Waals surface area (Å²) in [6.45, 7) is 7.62. The molecule has 0 aliphatic carbocycles. The molecule has 1 amide bonds. The molecule has 1 atom stereocenters. The van der Waals surface area contributed by atoms with E-state index in [0.29, 0.717) is 52.8 Å². The highest BCUT2D eigenvalue weighted by molar-refractivity contribution is 7.21. The van der Waals surface area contributed by atoms with Crippen molar-refractivity contribution in [2.45, 2.75) is 70.7 Å². The van der Waals surface area contributed by atoms with Gasteiger partial charge in [-0.15, -0.1) is 4.80 Å². The zero-order valence-electron chi connectivity index (χ0n) is 25.5. The van der Waals surface area contributed by atoms with Gasteiger partial charge in [-0.05, 0) is 52.5 Å². The first-order valence-electron chi connectivity index (χ1n) is 15.0. The molecule has 0 radical (unpaired) electrons. The third kappa shape index (κ3) is 5.37. The highest BCUT2D eigenvalue weighted by Crippen LogP contribution is 2.35. The van der Waals surface area contributed by atoms with Gasteiger partial charge in [0.05, 0.1) is 37.5 Å². The molecule has 6 rings (SSSR count). The molecule has 0 spiro atoms. The second-order valence-corrected chi connectivity index (χ2v) is 12.8. The zero-order chi connectivity index (χ0) is 31.0. The van der Waals surface area contributed by atoms with E-state index in [1.807, 2.05) is 31.2 Å². The van der Waals surface area contributed by atoms with Crippen LogP contribution in [0.1, 0.15) is 56.8 Å². The summed E-state index contributed by atoms with van der Waals surface area (Å²) in [5.74, 6) is 0.386. The second-order valence-electron chi connectivity index (χ2n) is 11.8. The second kappa shape index (κ2) is 12.3. The Hall–Kier alpha value is -3.81. The van der Waals surface area contributed by atoms with Crippen molar-refractivity contribution in [3.63, 3.8) is 0 Å².